The topological polar surface area (TPSA) is 15.3 Å². The van der Waals surface area contributed by atoms with Crippen molar-refractivity contribution in [2.24, 2.45) is 5.92 Å². The quantitative estimate of drug-likeness (QED) is 0.892. The van der Waals surface area contributed by atoms with Crippen molar-refractivity contribution in [2.45, 2.75) is 25.8 Å². The second-order valence-electron chi connectivity index (χ2n) is 5.31. The van der Waals surface area contributed by atoms with Gasteiger partial charge >= 0.3 is 0 Å². The molecule has 2 rings (SSSR count). The van der Waals surface area contributed by atoms with Gasteiger partial charge in [0.15, 0.2) is 0 Å². The van der Waals surface area contributed by atoms with Crippen molar-refractivity contribution in [2.75, 3.05) is 26.7 Å². The van der Waals surface area contributed by atoms with E-state index in [1.807, 2.05) is 7.05 Å². The molecule has 106 valence electrons. The molecule has 2 nitrogen and oxygen atoms in total. The first-order chi connectivity index (χ1) is 9.20. The number of nitrogens with one attached hydrogen (secondary N) is 1. The number of piperidine rings is 1. The smallest absolute Gasteiger partial charge is 0.129 e. The molecule has 0 spiro atoms. The second-order valence-corrected chi connectivity index (χ2v) is 5.72. The van der Waals surface area contributed by atoms with Crippen LogP contribution in [0.3, 0.4) is 0 Å². The third kappa shape index (κ3) is 4.16. The zero-order chi connectivity index (χ0) is 13.7. The lowest BCUT2D eigenvalue weighted by molar-refractivity contribution is 0.171. The molecule has 1 aromatic carbocycles. The highest BCUT2D eigenvalue weighted by atomic mass is 35.5. The molecule has 0 atom stereocenters. The number of benzene rings is 1. The third-order valence-corrected chi connectivity index (χ3v) is 4.31. The number of hydrogen-bond acceptors (Lipinski definition) is 2. The average molecular weight is 285 g/mol. The van der Waals surface area contributed by atoms with E-state index in [4.69, 9.17) is 11.6 Å². The van der Waals surface area contributed by atoms with E-state index in [9.17, 15) is 4.39 Å². The fraction of sp³-hybridized carbons (Fsp3) is 0.600. The lowest BCUT2D eigenvalue weighted by atomic mass is 9.93. The van der Waals surface area contributed by atoms with Gasteiger partial charge in [0.25, 0.3) is 0 Å². The molecule has 0 bridgehead atoms. The van der Waals surface area contributed by atoms with Crippen LogP contribution in [0, 0.1) is 11.7 Å². The molecular formula is C15H22ClFN2. The Bertz CT molecular complexity index is 383. The summed E-state index contributed by atoms with van der Waals surface area (Å²) in [6, 6.07) is 4.91. The van der Waals surface area contributed by atoms with E-state index in [-0.39, 0.29) is 5.82 Å². The standard InChI is InChI=1S/C15H22ClFN2/c1-18-8-5-12-6-9-19(10-7-12)11-13-14(16)3-2-4-15(13)17/h2-4,12,18H,5-11H2,1H3. The normalized spacial score (nSPS) is 17.8. The summed E-state index contributed by atoms with van der Waals surface area (Å²) in [5, 5.41) is 3.74. The van der Waals surface area contributed by atoms with E-state index < -0.39 is 0 Å². The molecule has 1 N–H and O–H groups in total. The monoisotopic (exact) mass is 284 g/mol. The van der Waals surface area contributed by atoms with Crippen molar-refractivity contribution >= 4 is 11.6 Å². The highest BCUT2D eigenvalue weighted by molar-refractivity contribution is 6.31. The zero-order valence-electron chi connectivity index (χ0n) is 11.5. The third-order valence-electron chi connectivity index (χ3n) is 3.95. The molecule has 4 heteroatoms. The number of rotatable bonds is 5. The van der Waals surface area contributed by atoms with Gasteiger partial charge in [0.2, 0.25) is 0 Å². The summed E-state index contributed by atoms with van der Waals surface area (Å²) in [4.78, 5) is 2.31. The summed E-state index contributed by atoms with van der Waals surface area (Å²) in [6.07, 6.45) is 3.65. The van der Waals surface area contributed by atoms with E-state index in [2.05, 4.69) is 10.2 Å². The van der Waals surface area contributed by atoms with Crippen molar-refractivity contribution < 1.29 is 4.39 Å². The van der Waals surface area contributed by atoms with Crippen molar-refractivity contribution in [3.63, 3.8) is 0 Å². The van der Waals surface area contributed by atoms with Crippen LogP contribution in [0.4, 0.5) is 4.39 Å². The summed E-state index contributed by atoms with van der Waals surface area (Å²) >= 11 is 6.07. The second kappa shape index (κ2) is 7.22. The average Bonchev–Trinajstić information content (AvgIpc) is 2.42. The van der Waals surface area contributed by atoms with Crippen LogP contribution >= 0.6 is 11.6 Å². The highest BCUT2D eigenvalue weighted by Gasteiger charge is 2.20. The van der Waals surface area contributed by atoms with Crippen LogP contribution in [0.15, 0.2) is 18.2 Å². The van der Waals surface area contributed by atoms with Crippen molar-refractivity contribution in [3.05, 3.63) is 34.6 Å². The van der Waals surface area contributed by atoms with Crippen molar-refractivity contribution in [3.8, 4) is 0 Å². The van der Waals surface area contributed by atoms with Crippen LogP contribution in [0.25, 0.3) is 0 Å². The molecule has 1 aliphatic heterocycles. The molecule has 0 saturated carbocycles. The molecule has 1 heterocycles. The Hall–Kier alpha value is -0.640. The molecule has 0 aromatic heterocycles. The van der Waals surface area contributed by atoms with Crippen LogP contribution < -0.4 is 5.32 Å². The summed E-state index contributed by atoms with van der Waals surface area (Å²) in [7, 11) is 2.00. The van der Waals surface area contributed by atoms with Gasteiger partial charge in [0.05, 0.1) is 0 Å². The maximum absolute atomic E-state index is 13.7. The first-order valence-corrected chi connectivity index (χ1v) is 7.38. The predicted molar refractivity (Wildman–Crippen MR) is 78.0 cm³/mol. The predicted octanol–water partition coefficient (Wildman–Crippen LogP) is 3.30. The Labute approximate surface area is 119 Å². The van der Waals surface area contributed by atoms with Crippen LogP contribution in [-0.2, 0) is 6.54 Å². The van der Waals surface area contributed by atoms with Gasteiger partial charge in [-0.25, -0.2) is 4.39 Å². The van der Waals surface area contributed by atoms with Gasteiger partial charge in [-0.3, -0.25) is 4.90 Å². The lowest BCUT2D eigenvalue weighted by Crippen LogP contribution is -2.34. The van der Waals surface area contributed by atoms with E-state index in [0.29, 0.717) is 17.1 Å². The van der Waals surface area contributed by atoms with E-state index in [1.54, 1.807) is 12.1 Å². The molecule has 1 aliphatic rings. The molecule has 1 aromatic rings. The van der Waals surface area contributed by atoms with Gasteiger partial charge in [0.1, 0.15) is 5.82 Å². The number of halogens is 2. The first kappa shape index (κ1) is 14.8. The molecule has 1 fully saturated rings. The Kier molecular flexibility index (Phi) is 5.61. The minimum absolute atomic E-state index is 0.190. The van der Waals surface area contributed by atoms with Gasteiger partial charge in [-0.2, -0.15) is 0 Å². The van der Waals surface area contributed by atoms with Crippen LogP contribution in [0.1, 0.15) is 24.8 Å². The Morgan fingerprint density at radius 3 is 2.74 bits per heavy atom. The van der Waals surface area contributed by atoms with Crippen molar-refractivity contribution in [1.29, 1.82) is 0 Å². The van der Waals surface area contributed by atoms with Gasteiger partial charge < -0.3 is 5.32 Å². The Balaban J connectivity index is 1.85. The minimum Gasteiger partial charge on any atom is -0.320 e. The van der Waals surface area contributed by atoms with Gasteiger partial charge in [-0.1, -0.05) is 17.7 Å². The highest BCUT2D eigenvalue weighted by Crippen LogP contribution is 2.25. The van der Waals surface area contributed by atoms with E-state index >= 15 is 0 Å². The van der Waals surface area contributed by atoms with E-state index in [1.165, 1.54) is 25.3 Å². The molecule has 1 saturated heterocycles. The number of nitrogens with zero attached hydrogens (tertiary/aromatic N) is 1. The van der Waals surface area contributed by atoms with Gasteiger partial charge in [-0.05, 0) is 64.0 Å². The summed E-state index contributed by atoms with van der Waals surface area (Å²) < 4.78 is 13.7. The van der Waals surface area contributed by atoms with Gasteiger partial charge in [0, 0.05) is 17.1 Å². The molecule has 0 amide bonds. The van der Waals surface area contributed by atoms with E-state index in [0.717, 1.165) is 25.6 Å². The maximum Gasteiger partial charge on any atom is 0.129 e. The number of likely N-dealkylation sites (tertiary alicyclic amines) is 1. The zero-order valence-corrected chi connectivity index (χ0v) is 12.2. The molecule has 0 aliphatic carbocycles. The van der Waals surface area contributed by atoms with Crippen LogP contribution in [0.5, 0.6) is 0 Å². The maximum atomic E-state index is 13.7. The number of hydrogen-bond donors (Lipinski definition) is 1. The van der Waals surface area contributed by atoms with Gasteiger partial charge in [-0.15, -0.1) is 0 Å². The van der Waals surface area contributed by atoms with Crippen LogP contribution in [0.2, 0.25) is 5.02 Å². The molecule has 0 radical (unpaired) electrons. The Morgan fingerprint density at radius 1 is 1.37 bits per heavy atom. The summed E-state index contributed by atoms with van der Waals surface area (Å²) in [5.41, 5.74) is 0.637. The first-order valence-electron chi connectivity index (χ1n) is 7.00. The lowest BCUT2D eigenvalue weighted by Gasteiger charge is -2.32. The minimum atomic E-state index is -0.190. The summed E-state index contributed by atoms with van der Waals surface area (Å²) in [5.74, 6) is 0.615. The van der Waals surface area contributed by atoms with Crippen LogP contribution in [-0.4, -0.2) is 31.6 Å². The van der Waals surface area contributed by atoms with Crippen molar-refractivity contribution in [1.82, 2.24) is 10.2 Å². The fourth-order valence-corrected chi connectivity index (χ4v) is 2.91. The Morgan fingerprint density at radius 2 is 2.11 bits per heavy atom. The molecule has 19 heavy (non-hydrogen) atoms. The fourth-order valence-electron chi connectivity index (χ4n) is 2.69. The SMILES string of the molecule is CNCCC1CCN(Cc2c(F)cccc2Cl)CC1. The summed E-state index contributed by atoms with van der Waals surface area (Å²) in [6.45, 7) is 3.80. The molecule has 0 unspecified atom stereocenters. The molecular weight excluding hydrogens is 263 g/mol. The largest absolute Gasteiger partial charge is 0.320 e.